The van der Waals surface area contributed by atoms with Crippen LogP contribution in [0.3, 0.4) is 0 Å². The van der Waals surface area contributed by atoms with E-state index >= 15 is 0 Å². The molecule has 0 radical (unpaired) electrons. The second-order valence-corrected chi connectivity index (χ2v) is 5.74. The fourth-order valence-corrected chi connectivity index (χ4v) is 3.50. The first-order valence-corrected chi connectivity index (χ1v) is 7.65. The molecular formula is C14H20N2O2S. The molecule has 5 heteroatoms. The summed E-state index contributed by atoms with van der Waals surface area (Å²) in [6.07, 6.45) is 2.46. The van der Waals surface area contributed by atoms with E-state index in [1.54, 1.807) is 0 Å². The zero-order valence-electron chi connectivity index (χ0n) is 11.4. The molecule has 0 aromatic carbocycles. The Bertz CT molecular complexity index is 482. The van der Waals surface area contributed by atoms with Crippen LogP contribution in [0.4, 0.5) is 0 Å². The van der Waals surface area contributed by atoms with Crippen molar-refractivity contribution < 1.29 is 10.0 Å². The monoisotopic (exact) mass is 280 g/mol. The number of rotatable bonds is 3. The summed E-state index contributed by atoms with van der Waals surface area (Å²) in [5.41, 5.74) is 1.96. The number of thiophene rings is 1. The summed E-state index contributed by atoms with van der Waals surface area (Å²) in [6, 6.07) is 2.03. The summed E-state index contributed by atoms with van der Waals surface area (Å²) < 4.78 is 0. The third kappa shape index (κ3) is 2.81. The van der Waals surface area contributed by atoms with Crippen LogP contribution >= 0.6 is 11.3 Å². The van der Waals surface area contributed by atoms with Crippen LogP contribution in [-0.4, -0.2) is 34.8 Å². The first-order valence-electron chi connectivity index (χ1n) is 6.77. The summed E-state index contributed by atoms with van der Waals surface area (Å²) in [4.78, 5) is 15.3. The van der Waals surface area contributed by atoms with Crippen molar-refractivity contribution in [1.82, 2.24) is 4.90 Å². The standard InChI is InChI=1S/C14H20N2O2S/c1-3-10-6-8-19-13(10)14(17)16-7-5-12(15-18)11(4-2)9-16/h6,8,11,18H,3-5,7,9H2,1-2H3/b15-12+. The smallest absolute Gasteiger partial charge is 0.264 e. The molecule has 1 saturated heterocycles. The Hall–Kier alpha value is -1.36. The molecule has 0 spiro atoms. The SMILES string of the molecule is CCc1ccsc1C(=O)N1CC/C(=N\O)C(CC)C1. The molecule has 1 N–H and O–H groups in total. The van der Waals surface area contributed by atoms with Crippen molar-refractivity contribution in [2.45, 2.75) is 33.1 Å². The molecule has 2 rings (SSSR count). The van der Waals surface area contributed by atoms with Crippen LogP contribution in [-0.2, 0) is 6.42 Å². The predicted molar refractivity (Wildman–Crippen MR) is 77.2 cm³/mol. The van der Waals surface area contributed by atoms with E-state index in [0.717, 1.165) is 29.0 Å². The van der Waals surface area contributed by atoms with Crippen LogP contribution in [0.2, 0.25) is 0 Å². The zero-order valence-corrected chi connectivity index (χ0v) is 12.2. The Morgan fingerprint density at radius 2 is 2.37 bits per heavy atom. The van der Waals surface area contributed by atoms with Gasteiger partial charge in [-0.3, -0.25) is 4.79 Å². The van der Waals surface area contributed by atoms with Crippen molar-refractivity contribution in [3.63, 3.8) is 0 Å². The van der Waals surface area contributed by atoms with Gasteiger partial charge >= 0.3 is 0 Å². The average Bonchev–Trinajstić information content (AvgIpc) is 2.94. The predicted octanol–water partition coefficient (Wildman–Crippen LogP) is 3.01. The largest absolute Gasteiger partial charge is 0.411 e. The Morgan fingerprint density at radius 3 is 3.00 bits per heavy atom. The minimum absolute atomic E-state index is 0.127. The zero-order chi connectivity index (χ0) is 13.8. The van der Waals surface area contributed by atoms with Crippen LogP contribution in [0, 0.1) is 5.92 Å². The van der Waals surface area contributed by atoms with Crippen molar-refractivity contribution in [2.75, 3.05) is 13.1 Å². The van der Waals surface area contributed by atoms with Gasteiger partial charge in [-0.1, -0.05) is 19.0 Å². The number of amides is 1. The number of hydrogen-bond donors (Lipinski definition) is 1. The van der Waals surface area contributed by atoms with E-state index in [1.807, 2.05) is 16.3 Å². The van der Waals surface area contributed by atoms with Gasteiger partial charge in [0.05, 0.1) is 10.6 Å². The number of carbonyl (C=O) groups is 1. The maximum atomic E-state index is 12.5. The molecule has 1 atom stereocenters. The van der Waals surface area contributed by atoms with E-state index in [4.69, 9.17) is 5.21 Å². The quantitative estimate of drug-likeness (QED) is 0.683. The maximum absolute atomic E-state index is 12.5. The Labute approximate surface area is 117 Å². The van der Waals surface area contributed by atoms with Gasteiger partial charge in [-0.2, -0.15) is 0 Å². The van der Waals surface area contributed by atoms with Crippen molar-refractivity contribution in [3.05, 3.63) is 21.9 Å². The van der Waals surface area contributed by atoms with E-state index in [9.17, 15) is 4.79 Å². The summed E-state index contributed by atoms with van der Waals surface area (Å²) in [6.45, 7) is 5.44. The normalized spacial score (nSPS) is 21.9. The Balaban J connectivity index is 2.13. The van der Waals surface area contributed by atoms with Gasteiger partial charge in [0.2, 0.25) is 0 Å². The van der Waals surface area contributed by atoms with Crippen molar-refractivity contribution in [3.8, 4) is 0 Å². The molecule has 1 aromatic heterocycles. The van der Waals surface area contributed by atoms with Crippen LogP contribution in [0.5, 0.6) is 0 Å². The first-order chi connectivity index (χ1) is 9.21. The highest BCUT2D eigenvalue weighted by Crippen LogP contribution is 2.24. The van der Waals surface area contributed by atoms with Gasteiger partial charge in [-0.15, -0.1) is 11.3 Å². The highest BCUT2D eigenvalue weighted by Gasteiger charge is 2.29. The van der Waals surface area contributed by atoms with Crippen molar-refractivity contribution in [2.24, 2.45) is 11.1 Å². The van der Waals surface area contributed by atoms with Gasteiger partial charge < -0.3 is 10.1 Å². The second kappa shape index (κ2) is 6.19. The third-order valence-corrected chi connectivity index (χ3v) is 4.72. The fourth-order valence-electron chi connectivity index (χ4n) is 2.54. The lowest BCUT2D eigenvalue weighted by Crippen LogP contribution is -2.44. The highest BCUT2D eigenvalue weighted by atomic mass is 32.1. The lowest BCUT2D eigenvalue weighted by atomic mass is 9.93. The van der Waals surface area contributed by atoms with Crippen LogP contribution in [0.15, 0.2) is 16.6 Å². The molecule has 1 fully saturated rings. The molecule has 4 nitrogen and oxygen atoms in total. The number of hydrogen-bond acceptors (Lipinski definition) is 4. The summed E-state index contributed by atoms with van der Waals surface area (Å²) in [7, 11) is 0. The highest BCUT2D eigenvalue weighted by molar-refractivity contribution is 7.12. The molecule has 19 heavy (non-hydrogen) atoms. The Morgan fingerprint density at radius 1 is 1.58 bits per heavy atom. The number of oxime groups is 1. The molecule has 0 saturated carbocycles. The maximum Gasteiger partial charge on any atom is 0.264 e. The van der Waals surface area contributed by atoms with Crippen LogP contribution < -0.4 is 0 Å². The van der Waals surface area contributed by atoms with Gasteiger partial charge in [0, 0.05) is 25.4 Å². The number of likely N-dealkylation sites (tertiary alicyclic amines) is 1. The molecular weight excluding hydrogens is 260 g/mol. The minimum atomic E-state index is 0.127. The van der Waals surface area contributed by atoms with Crippen LogP contribution in [0.25, 0.3) is 0 Å². The van der Waals surface area contributed by atoms with Crippen LogP contribution in [0.1, 0.15) is 41.9 Å². The molecule has 1 aromatic rings. The number of piperidine rings is 1. The molecule has 0 bridgehead atoms. The molecule has 1 aliphatic heterocycles. The molecule has 1 aliphatic rings. The van der Waals surface area contributed by atoms with Gasteiger partial charge in [0.1, 0.15) is 0 Å². The molecule has 0 aliphatic carbocycles. The molecule has 1 unspecified atom stereocenters. The number of carbonyl (C=O) groups excluding carboxylic acids is 1. The first kappa shape index (κ1) is 14.1. The summed E-state index contributed by atoms with van der Waals surface area (Å²) in [5, 5.41) is 14.3. The summed E-state index contributed by atoms with van der Waals surface area (Å²) >= 11 is 1.52. The molecule has 104 valence electrons. The minimum Gasteiger partial charge on any atom is -0.411 e. The van der Waals surface area contributed by atoms with E-state index in [-0.39, 0.29) is 11.8 Å². The number of aryl methyl sites for hydroxylation is 1. The van der Waals surface area contributed by atoms with E-state index in [0.29, 0.717) is 19.5 Å². The second-order valence-electron chi connectivity index (χ2n) is 4.83. The topological polar surface area (TPSA) is 52.9 Å². The van der Waals surface area contributed by atoms with E-state index in [2.05, 4.69) is 19.0 Å². The van der Waals surface area contributed by atoms with Gasteiger partial charge in [0.25, 0.3) is 5.91 Å². The van der Waals surface area contributed by atoms with E-state index < -0.39 is 0 Å². The molecule has 2 heterocycles. The van der Waals surface area contributed by atoms with Gasteiger partial charge in [-0.05, 0) is 29.9 Å². The van der Waals surface area contributed by atoms with Gasteiger partial charge in [0.15, 0.2) is 0 Å². The average molecular weight is 280 g/mol. The fraction of sp³-hybridized carbons (Fsp3) is 0.571. The lowest BCUT2D eigenvalue weighted by molar-refractivity contribution is 0.0733. The van der Waals surface area contributed by atoms with Gasteiger partial charge in [-0.25, -0.2) is 0 Å². The summed E-state index contributed by atoms with van der Waals surface area (Å²) in [5.74, 6) is 0.315. The molecule has 1 amide bonds. The third-order valence-electron chi connectivity index (χ3n) is 3.78. The number of nitrogens with zero attached hydrogens (tertiary/aromatic N) is 2. The lowest BCUT2D eigenvalue weighted by Gasteiger charge is -2.32. The Kier molecular flexibility index (Phi) is 4.58. The van der Waals surface area contributed by atoms with E-state index in [1.165, 1.54) is 11.3 Å². The van der Waals surface area contributed by atoms with Crippen molar-refractivity contribution in [1.29, 1.82) is 0 Å². The van der Waals surface area contributed by atoms with Crippen molar-refractivity contribution >= 4 is 23.0 Å².